The number of nitrogens with one attached hydrogen (secondary N) is 2. The summed E-state index contributed by atoms with van der Waals surface area (Å²) in [6.07, 6.45) is 0. The number of carbonyl (C=O) groups excluding carboxylic acids is 2. The van der Waals surface area contributed by atoms with Crippen LogP contribution < -0.4 is 10.6 Å². The monoisotopic (exact) mass is 534 g/mol. The molecule has 0 radical (unpaired) electrons. The minimum atomic E-state index is -0.179. The van der Waals surface area contributed by atoms with Gasteiger partial charge in [0.2, 0.25) is 0 Å². The van der Waals surface area contributed by atoms with Gasteiger partial charge in [-0.2, -0.15) is 0 Å². The van der Waals surface area contributed by atoms with Crippen molar-refractivity contribution >= 4 is 61.7 Å². The smallest absolute Gasteiger partial charge is 0.256 e. The maximum Gasteiger partial charge on any atom is 0.256 e. The maximum atomic E-state index is 12.5. The zero-order valence-electron chi connectivity index (χ0n) is 14.4. The zero-order chi connectivity index (χ0) is 19.4. The average molecular weight is 535 g/mol. The fourth-order valence-electron chi connectivity index (χ4n) is 2.54. The van der Waals surface area contributed by atoms with Crippen molar-refractivity contribution in [2.75, 3.05) is 10.6 Å². The highest BCUT2D eigenvalue weighted by molar-refractivity contribution is 14.1. The van der Waals surface area contributed by atoms with Gasteiger partial charge in [0, 0.05) is 25.0 Å². The van der Waals surface area contributed by atoms with Crippen LogP contribution in [-0.2, 0) is 0 Å². The molecule has 27 heavy (non-hydrogen) atoms. The highest BCUT2D eigenvalue weighted by atomic mass is 127. The first-order chi connectivity index (χ1) is 12.9. The Morgan fingerprint density at radius 2 is 1.63 bits per heavy atom. The molecule has 2 N–H and O–H groups in total. The molecule has 0 atom stereocenters. The number of amides is 2. The van der Waals surface area contributed by atoms with Crippen molar-refractivity contribution in [1.82, 2.24) is 0 Å². The number of halogens is 2. The molecule has 0 aromatic heterocycles. The quantitative estimate of drug-likeness (QED) is 0.411. The average Bonchev–Trinajstić information content (AvgIpc) is 2.66. The third-order valence-corrected chi connectivity index (χ3v) is 5.38. The molecule has 6 heteroatoms. The summed E-state index contributed by atoms with van der Waals surface area (Å²) in [6.45, 7) is 1.89. The van der Waals surface area contributed by atoms with Gasteiger partial charge in [0.15, 0.2) is 0 Å². The number of benzene rings is 3. The number of hydrogen-bond donors (Lipinski definition) is 2. The molecule has 3 rings (SSSR count). The normalized spacial score (nSPS) is 10.3. The largest absolute Gasteiger partial charge is 0.322 e. The summed E-state index contributed by atoms with van der Waals surface area (Å²) >= 11 is 5.53. The number of rotatable bonds is 4. The van der Waals surface area contributed by atoms with Crippen LogP contribution in [0.1, 0.15) is 26.3 Å². The predicted molar refractivity (Wildman–Crippen MR) is 120 cm³/mol. The first kappa shape index (κ1) is 19.6. The Morgan fingerprint density at radius 3 is 2.33 bits per heavy atom. The lowest BCUT2D eigenvalue weighted by atomic mass is 10.1. The summed E-state index contributed by atoms with van der Waals surface area (Å²) in [6, 6.07) is 20.0. The van der Waals surface area contributed by atoms with Crippen LogP contribution in [0.3, 0.4) is 0 Å². The van der Waals surface area contributed by atoms with E-state index in [-0.39, 0.29) is 11.8 Å². The molecule has 0 saturated heterocycles. The van der Waals surface area contributed by atoms with Crippen molar-refractivity contribution in [3.05, 3.63) is 91.5 Å². The molecule has 3 aromatic rings. The van der Waals surface area contributed by atoms with Crippen molar-refractivity contribution in [1.29, 1.82) is 0 Å². The highest BCUT2D eigenvalue weighted by Gasteiger charge is 2.12. The van der Waals surface area contributed by atoms with Gasteiger partial charge in [-0.15, -0.1) is 0 Å². The molecule has 4 nitrogen and oxygen atoms in total. The van der Waals surface area contributed by atoms with Crippen LogP contribution >= 0.6 is 38.5 Å². The van der Waals surface area contributed by atoms with Crippen molar-refractivity contribution in [3.63, 3.8) is 0 Å². The molecular formula is C21H16BrIN2O2. The summed E-state index contributed by atoms with van der Waals surface area (Å²) in [7, 11) is 0. The van der Waals surface area contributed by atoms with E-state index in [0.29, 0.717) is 22.5 Å². The molecule has 0 aliphatic carbocycles. The molecule has 0 aliphatic heterocycles. The molecule has 3 aromatic carbocycles. The summed E-state index contributed by atoms with van der Waals surface area (Å²) in [4.78, 5) is 24.8. The zero-order valence-corrected chi connectivity index (χ0v) is 18.2. The Balaban J connectivity index is 1.74. The lowest BCUT2D eigenvalue weighted by Gasteiger charge is -2.12. The first-order valence-corrected chi connectivity index (χ1v) is 10.0. The lowest BCUT2D eigenvalue weighted by molar-refractivity contribution is 0.101. The van der Waals surface area contributed by atoms with Crippen LogP contribution in [0.4, 0.5) is 11.4 Å². The van der Waals surface area contributed by atoms with Gasteiger partial charge in [0.1, 0.15) is 0 Å². The van der Waals surface area contributed by atoms with Gasteiger partial charge in [-0.05, 0) is 83.6 Å². The molecule has 2 amide bonds. The molecule has 136 valence electrons. The molecule has 0 fully saturated rings. The van der Waals surface area contributed by atoms with E-state index in [1.165, 1.54) is 0 Å². The molecular weight excluding hydrogens is 519 g/mol. The molecule has 0 spiro atoms. The Bertz CT molecular complexity index is 1010. The van der Waals surface area contributed by atoms with Crippen molar-refractivity contribution < 1.29 is 9.59 Å². The summed E-state index contributed by atoms with van der Waals surface area (Å²) < 4.78 is 1.72. The van der Waals surface area contributed by atoms with Gasteiger partial charge >= 0.3 is 0 Å². The van der Waals surface area contributed by atoms with E-state index in [1.807, 2.05) is 43.3 Å². The molecule has 0 bridgehead atoms. The second-order valence-corrected chi connectivity index (χ2v) is 8.01. The standard InChI is InChI=1S/C21H16BrIN2O2/c1-13-11-16(24-21(27)17-12-15(22)7-9-18(17)23)8-10-19(13)25-20(26)14-5-3-2-4-6-14/h2-12H,1H3,(H,24,27)(H,25,26). The van der Waals surface area contributed by atoms with Crippen LogP contribution in [0.15, 0.2) is 71.2 Å². The Labute approximate surface area is 179 Å². The van der Waals surface area contributed by atoms with Crippen LogP contribution in [-0.4, -0.2) is 11.8 Å². The fourth-order valence-corrected chi connectivity index (χ4v) is 3.48. The third-order valence-electron chi connectivity index (χ3n) is 3.94. The number of aryl methyl sites for hydroxylation is 1. The second kappa shape index (κ2) is 8.67. The SMILES string of the molecule is Cc1cc(NC(=O)c2cc(Br)ccc2I)ccc1NC(=O)c1ccccc1. The number of carbonyl (C=O) groups is 2. The van der Waals surface area contributed by atoms with E-state index < -0.39 is 0 Å². The van der Waals surface area contributed by atoms with E-state index in [1.54, 1.807) is 30.3 Å². The minimum Gasteiger partial charge on any atom is -0.322 e. The maximum absolute atomic E-state index is 12.5. The van der Waals surface area contributed by atoms with Crippen LogP contribution in [0.25, 0.3) is 0 Å². The summed E-state index contributed by atoms with van der Waals surface area (Å²) in [5.74, 6) is -0.347. The number of hydrogen-bond acceptors (Lipinski definition) is 2. The minimum absolute atomic E-state index is 0.167. The Kier molecular flexibility index (Phi) is 6.28. The van der Waals surface area contributed by atoms with Gasteiger partial charge in [0.05, 0.1) is 5.56 Å². The number of anilines is 2. The topological polar surface area (TPSA) is 58.2 Å². The van der Waals surface area contributed by atoms with Crippen molar-refractivity contribution in [3.8, 4) is 0 Å². The summed E-state index contributed by atoms with van der Waals surface area (Å²) in [5, 5.41) is 5.80. The first-order valence-electron chi connectivity index (χ1n) is 8.17. The summed E-state index contributed by atoms with van der Waals surface area (Å²) in [5.41, 5.74) is 3.44. The molecule has 0 aliphatic rings. The van der Waals surface area contributed by atoms with Gasteiger partial charge in [-0.3, -0.25) is 9.59 Å². The van der Waals surface area contributed by atoms with Crippen molar-refractivity contribution in [2.45, 2.75) is 6.92 Å². The second-order valence-electron chi connectivity index (χ2n) is 5.93. The van der Waals surface area contributed by atoms with Crippen LogP contribution in [0.2, 0.25) is 0 Å². The molecule has 0 heterocycles. The van der Waals surface area contributed by atoms with Gasteiger partial charge in [-0.1, -0.05) is 34.1 Å². The van der Waals surface area contributed by atoms with Crippen LogP contribution in [0, 0.1) is 10.5 Å². The van der Waals surface area contributed by atoms with E-state index in [9.17, 15) is 9.59 Å². The van der Waals surface area contributed by atoms with E-state index in [0.717, 1.165) is 13.6 Å². The Morgan fingerprint density at radius 1 is 0.889 bits per heavy atom. The molecule has 0 saturated carbocycles. The van der Waals surface area contributed by atoms with Crippen LogP contribution in [0.5, 0.6) is 0 Å². The lowest BCUT2D eigenvalue weighted by Crippen LogP contribution is -2.15. The third kappa shape index (κ3) is 4.95. The van der Waals surface area contributed by atoms with Gasteiger partial charge in [-0.25, -0.2) is 0 Å². The molecule has 0 unspecified atom stereocenters. The highest BCUT2D eigenvalue weighted by Crippen LogP contribution is 2.23. The van der Waals surface area contributed by atoms with Gasteiger partial charge in [0.25, 0.3) is 11.8 Å². The van der Waals surface area contributed by atoms with E-state index >= 15 is 0 Å². The fraction of sp³-hybridized carbons (Fsp3) is 0.0476. The Hall–Kier alpha value is -2.19. The van der Waals surface area contributed by atoms with Gasteiger partial charge < -0.3 is 10.6 Å². The van der Waals surface area contributed by atoms with E-state index in [2.05, 4.69) is 49.2 Å². The predicted octanol–water partition coefficient (Wildman–Crippen LogP) is 5.87. The van der Waals surface area contributed by atoms with E-state index in [4.69, 9.17) is 0 Å². The van der Waals surface area contributed by atoms with Crippen molar-refractivity contribution in [2.24, 2.45) is 0 Å².